The summed E-state index contributed by atoms with van der Waals surface area (Å²) in [5.74, 6) is -0.595. The smallest absolute Gasteiger partial charge is 0.336 e. The average molecular weight is 481 g/mol. The van der Waals surface area contributed by atoms with Gasteiger partial charge in [0.1, 0.15) is 5.75 Å². The van der Waals surface area contributed by atoms with E-state index in [0.29, 0.717) is 28.3 Å². The third-order valence-corrected chi connectivity index (χ3v) is 6.52. The molecular formula is C26H29ClN4O3. The standard InChI is InChI=1S/C26H29ClN4O3/c1-5-23-24(31(4)12-11-30(23)3)8-6-7-17-13-21-22(15-20(17)27)29-26(28-21)34-18-10-9-16(2)19(14-18)25(32)33/h6,8-10,13-15H,5,7,11-12H2,1-4H3,(H,28,29)(H,32,33)/b8-6-. The van der Waals surface area contributed by atoms with Gasteiger partial charge in [0.2, 0.25) is 0 Å². The van der Waals surface area contributed by atoms with Gasteiger partial charge in [-0.05, 0) is 61.2 Å². The van der Waals surface area contributed by atoms with Crippen LogP contribution in [0.5, 0.6) is 11.8 Å². The molecule has 1 aromatic heterocycles. The van der Waals surface area contributed by atoms with E-state index in [2.05, 4.69) is 52.9 Å². The summed E-state index contributed by atoms with van der Waals surface area (Å²) in [6.07, 6.45) is 5.98. The first-order valence-electron chi connectivity index (χ1n) is 11.3. The molecule has 1 aliphatic rings. The summed E-state index contributed by atoms with van der Waals surface area (Å²) in [7, 11) is 4.27. The number of aromatic amines is 1. The molecule has 7 nitrogen and oxygen atoms in total. The Morgan fingerprint density at radius 2 is 2.00 bits per heavy atom. The monoisotopic (exact) mass is 480 g/mol. The van der Waals surface area contributed by atoms with Crippen molar-refractivity contribution < 1.29 is 14.6 Å². The number of imidazole rings is 1. The second-order valence-corrected chi connectivity index (χ2v) is 8.93. The number of carboxylic acid groups (broad SMARTS) is 1. The quantitative estimate of drug-likeness (QED) is 0.457. The van der Waals surface area contributed by atoms with E-state index in [0.717, 1.165) is 30.6 Å². The van der Waals surface area contributed by atoms with Gasteiger partial charge in [0.15, 0.2) is 0 Å². The first kappa shape index (κ1) is 23.7. The number of hydrogen-bond acceptors (Lipinski definition) is 5. The second kappa shape index (κ2) is 9.81. The number of allylic oxidation sites excluding steroid dienone is 3. The molecule has 2 N–H and O–H groups in total. The molecule has 0 unspecified atom stereocenters. The van der Waals surface area contributed by atoms with Crippen LogP contribution in [0.4, 0.5) is 0 Å². The first-order chi connectivity index (χ1) is 16.3. The fourth-order valence-corrected chi connectivity index (χ4v) is 4.44. The van der Waals surface area contributed by atoms with Crippen molar-refractivity contribution in [2.75, 3.05) is 27.2 Å². The number of carboxylic acids is 1. The number of rotatable bonds is 7. The maximum Gasteiger partial charge on any atom is 0.336 e. The van der Waals surface area contributed by atoms with Crippen LogP contribution in [-0.4, -0.2) is 58.0 Å². The van der Waals surface area contributed by atoms with Crippen molar-refractivity contribution in [3.8, 4) is 11.8 Å². The summed E-state index contributed by atoms with van der Waals surface area (Å²) in [5.41, 5.74) is 5.91. The number of nitrogens with one attached hydrogen (secondary N) is 1. The van der Waals surface area contributed by atoms with Gasteiger partial charge in [-0.1, -0.05) is 30.7 Å². The molecule has 4 rings (SSSR count). The summed E-state index contributed by atoms with van der Waals surface area (Å²) >= 11 is 6.55. The third-order valence-electron chi connectivity index (χ3n) is 6.17. The zero-order valence-corrected chi connectivity index (χ0v) is 20.6. The second-order valence-electron chi connectivity index (χ2n) is 8.52. The van der Waals surface area contributed by atoms with Gasteiger partial charge in [0.25, 0.3) is 6.01 Å². The van der Waals surface area contributed by atoms with Crippen LogP contribution in [-0.2, 0) is 6.42 Å². The number of carbonyl (C=O) groups is 1. The first-order valence-corrected chi connectivity index (χ1v) is 11.7. The number of benzene rings is 2. The molecule has 0 spiro atoms. The van der Waals surface area contributed by atoms with E-state index in [-0.39, 0.29) is 11.6 Å². The van der Waals surface area contributed by atoms with E-state index < -0.39 is 5.97 Å². The molecule has 2 aromatic carbocycles. The average Bonchev–Trinajstić information content (AvgIpc) is 3.18. The number of ether oxygens (including phenoxy) is 1. The van der Waals surface area contributed by atoms with Crippen molar-refractivity contribution >= 4 is 28.6 Å². The number of likely N-dealkylation sites (N-methyl/N-ethyl adjacent to an activating group) is 2. The van der Waals surface area contributed by atoms with E-state index in [4.69, 9.17) is 16.3 Å². The summed E-state index contributed by atoms with van der Waals surface area (Å²) in [4.78, 5) is 23.6. The van der Waals surface area contributed by atoms with Gasteiger partial charge in [-0.25, -0.2) is 4.79 Å². The van der Waals surface area contributed by atoms with Gasteiger partial charge in [-0.3, -0.25) is 0 Å². The van der Waals surface area contributed by atoms with Crippen molar-refractivity contribution in [3.05, 3.63) is 75.6 Å². The Morgan fingerprint density at radius 3 is 2.74 bits per heavy atom. The summed E-state index contributed by atoms with van der Waals surface area (Å²) in [6, 6.07) is 9.00. The molecule has 0 saturated heterocycles. The van der Waals surface area contributed by atoms with E-state index in [1.807, 2.05) is 12.1 Å². The lowest BCUT2D eigenvalue weighted by atomic mass is 10.1. The predicted molar refractivity (Wildman–Crippen MR) is 135 cm³/mol. The molecule has 0 bridgehead atoms. The number of aromatic nitrogens is 2. The molecule has 0 saturated carbocycles. The number of fused-ring (bicyclic) bond motifs is 1. The van der Waals surface area contributed by atoms with E-state index in [1.54, 1.807) is 19.1 Å². The van der Waals surface area contributed by atoms with Crippen LogP contribution in [0.25, 0.3) is 11.0 Å². The summed E-state index contributed by atoms with van der Waals surface area (Å²) in [6.45, 7) is 5.96. The van der Waals surface area contributed by atoms with Crippen molar-refractivity contribution in [2.45, 2.75) is 26.7 Å². The summed E-state index contributed by atoms with van der Waals surface area (Å²) < 4.78 is 5.79. The van der Waals surface area contributed by atoms with Crippen molar-refractivity contribution in [1.82, 2.24) is 19.8 Å². The van der Waals surface area contributed by atoms with Crippen LogP contribution >= 0.6 is 11.6 Å². The number of aryl methyl sites for hydroxylation is 1. The highest BCUT2D eigenvalue weighted by atomic mass is 35.5. The zero-order valence-electron chi connectivity index (χ0n) is 19.9. The van der Waals surface area contributed by atoms with Gasteiger partial charge in [-0.15, -0.1) is 0 Å². The number of hydrogen-bond donors (Lipinski definition) is 2. The Bertz CT molecular complexity index is 1290. The van der Waals surface area contributed by atoms with Crippen LogP contribution in [0, 0.1) is 6.92 Å². The highest BCUT2D eigenvalue weighted by Gasteiger charge is 2.17. The Kier molecular flexibility index (Phi) is 6.84. The van der Waals surface area contributed by atoms with Gasteiger partial charge in [-0.2, -0.15) is 4.98 Å². The maximum absolute atomic E-state index is 11.4. The third kappa shape index (κ3) is 4.89. The van der Waals surface area contributed by atoms with Crippen LogP contribution < -0.4 is 4.74 Å². The molecule has 34 heavy (non-hydrogen) atoms. The minimum absolute atomic E-state index is 0.196. The van der Waals surface area contributed by atoms with Crippen LogP contribution in [0.2, 0.25) is 5.02 Å². The molecule has 2 heterocycles. The molecule has 3 aromatic rings. The molecule has 1 aliphatic heterocycles. The summed E-state index contributed by atoms with van der Waals surface area (Å²) in [5, 5.41) is 9.97. The highest BCUT2D eigenvalue weighted by Crippen LogP contribution is 2.28. The number of H-pyrrole nitrogens is 1. The van der Waals surface area contributed by atoms with Gasteiger partial charge in [0, 0.05) is 37.9 Å². The van der Waals surface area contributed by atoms with Crippen LogP contribution in [0.15, 0.2) is 53.9 Å². The SMILES string of the molecule is CCC1=C(/C=C\Cc2cc3[nH]c(Oc4ccc(C)c(C(=O)O)c4)nc3cc2Cl)N(C)CCN1C. The van der Waals surface area contributed by atoms with Crippen LogP contribution in [0.1, 0.15) is 34.8 Å². The van der Waals surface area contributed by atoms with E-state index in [9.17, 15) is 9.90 Å². The molecule has 0 amide bonds. The lowest BCUT2D eigenvalue weighted by Crippen LogP contribution is -2.37. The molecule has 0 radical (unpaired) electrons. The highest BCUT2D eigenvalue weighted by molar-refractivity contribution is 6.32. The topological polar surface area (TPSA) is 81.7 Å². The van der Waals surface area contributed by atoms with Crippen LogP contribution in [0.3, 0.4) is 0 Å². The normalized spacial score (nSPS) is 14.5. The fourth-order valence-electron chi connectivity index (χ4n) is 4.21. The van der Waals surface area contributed by atoms with Crippen molar-refractivity contribution in [1.29, 1.82) is 0 Å². The van der Waals surface area contributed by atoms with Crippen molar-refractivity contribution in [2.24, 2.45) is 0 Å². The number of nitrogens with zero attached hydrogens (tertiary/aromatic N) is 3. The Labute approximate surface area is 204 Å². The minimum atomic E-state index is -0.995. The zero-order chi connectivity index (χ0) is 24.4. The molecule has 8 heteroatoms. The van der Waals surface area contributed by atoms with E-state index in [1.165, 1.54) is 17.5 Å². The molecule has 0 fully saturated rings. The fraction of sp³-hybridized carbons (Fsp3) is 0.308. The lowest BCUT2D eigenvalue weighted by molar-refractivity contribution is 0.0695. The Morgan fingerprint density at radius 1 is 1.24 bits per heavy atom. The molecular weight excluding hydrogens is 452 g/mol. The number of halogens is 1. The number of aromatic carboxylic acids is 1. The minimum Gasteiger partial charge on any atom is -0.478 e. The molecule has 0 aliphatic carbocycles. The van der Waals surface area contributed by atoms with Gasteiger partial charge in [0.05, 0.1) is 22.3 Å². The van der Waals surface area contributed by atoms with Crippen molar-refractivity contribution in [3.63, 3.8) is 0 Å². The largest absolute Gasteiger partial charge is 0.478 e. The predicted octanol–water partition coefficient (Wildman–Crippen LogP) is 5.61. The molecule has 0 atom stereocenters. The Hall–Kier alpha value is -3.45. The molecule has 178 valence electrons. The van der Waals surface area contributed by atoms with Gasteiger partial charge < -0.3 is 24.6 Å². The van der Waals surface area contributed by atoms with E-state index >= 15 is 0 Å². The maximum atomic E-state index is 11.4. The van der Waals surface area contributed by atoms with Gasteiger partial charge >= 0.3 is 5.97 Å². The lowest BCUT2D eigenvalue weighted by Gasteiger charge is -2.36. The Balaban J connectivity index is 1.55.